The maximum atomic E-state index is 15.1. The van der Waals surface area contributed by atoms with Gasteiger partial charge in [-0.1, -0.05) is 67.2 Å². The number of hydrogen-bond acceptors (Lipinski definition) is 6. The van der Waals surface area contributed by atoms with E-state index in [-0.39, 0.29) is 30.5 Å². The molecule has 0 radical (unpaired) electrons. The fourth-order valence-electron chi connectivity index (χ4n) is 4.02. The average molecular weight is 494 g/mol. The minimum Gasteiger partial charge on any atom is -0.457 e. The van der Waals surface area contributed by atoms with Gasteiger partial charge in [-0.15, -0.1) is 0 Å². The standard InChI is InChI=1S/C27H28FN3O3S/c1-4-17(2)29-23(32)14-20-16-35-27-30-18(3)24(26(33)34-15-19-10-6-5-7-11-19)25(31(20)27)21-12-8-9-13-22(21)28/h5-13,16-17,25H,4,14-15H2,1-3H3,(H,29,32)/t17-,25+/m1/s1. The van der Waals surface area contributed by atoms with Gasteiger partial charge in [-0.3, -0.25) is 4.79 Å². The van der Waals surface area contributed by atoms with E-state index in [0.717, 1.165) is 12.0 Å². The lowest BCUT2D eigenvalue weighted by Crippen LogP contribution is -2.39. The van der Waals surface area contributed by atoms with Crippen LogP contribution in [-0.2, 0) is 20.9 Å². The van der Waals surface area contributed by atoms with Crippen LogP contribution in [0.4, 0.5) is 4.39 Å². The van der Waals surface area contributed by atoms with Gasteiger partial charge in [0.15, 0.2) is 5.17 Å². The van der Waals surface area contributed by atoms with E-state index in [4.69, 9.17) is 4.74 Å². The fraction of sp³-hybridized carbons (Fsp3) is 0.296. The third kappa shape index (κ3) is 5.48. The van der Waals surface area contributed by atoms with Gasteiger partial charge in [-0.05, 0) is 37.3 Å². The average Bonchev–Trinajstić information content (AvgIpc) is 3.24. The predicted octanol–water partition coefficient (Wildman–Crippen LogP) is 5.45. The number of rotatable bonds is 8. The normalized spacial score (nSPS) is 17.9. The smallest absolute Gasteiger partial charge is 0.338 e. The summed E-state index contributed by atoms with van der Waals surface area (Å²) >= 11 is 1.36. The van der Waals surface area contributed by atoms with E-state index in [9.17, 15) is 9.59 Å². The van der Waals surface area contributed by atoms with Crippen molar-refractivity contribution < 1.29 is 18.7 Å². The number of nitrogens with zero attached hydrogens (tertiary/aromatic N) is 2. The first-order chi connectivity index (χ1) is 16.9. The Balaban J connectivity index is 1.67. The van der Waals surface area contributed by atoms with Crippen LogP contribution >= 0.6 is 11.8 Å². The van der Waals surface area contributed by atoms with Crippen molar-refractivity contribution in [3.63, 3.8) is 0 Å². The Morgan fingerprint density at radius 3 is 2.60 bits per heavy atom. The summed E-state index contributed by atoms with van der Waals surface area (Å²) in [5.74, 6) is -1.15. The van der Waals surface area contributed by atoms with Crippen molar-refractivity contribution in [3.8, 4) is 0 Å². The molecule has 35 heavy (non-hydrogen) atoms. The van der Waals surface area contributed by atoms with Crippen LogP contribution in [0.1, 0.15) is 50.8 Å². The monoisotopic (exact) mass is 493 g/mol. The Labute approximate surface area is 209 Å². The van der Waals surface area contributed by atoms with Crippen LogP contribution in [0.2, 0.25) is 0 Å². The second-order valence-electron chi connectivity index (χ2n) is 8.53. The van der Waals surface area contributed by atoms with Crippen LogP contribution < -0.4 is 5.32 Å². The molecule has 0 fully saturated rings. The molecule has 0 aromatic heterocycles. The highest BCUT2D eigenvalue weighted by molar-refractivity contribution is 8.16. The summed E-state index contributed by atoms with van der Waals surface area (Å²) in [5, 5.41) is 5.41. The minimum atomic E-state index is -0.801. The van der Waals surface area contributed by atoms with Crippen molar-refractivity contribution >= 4 is 28.8 Å². The molecule has 1 amide bonds. The van der Waals surface area contributed by atoms with Gasteiger partial charge in [0, 0.05) is 17.3 Å². The van der Waals surface area contributed by atoms with Gasteiger partial charge in [0.2, 0.25) is 5.91 Å². The molecule has 0 unspecified atom stereocenters. The molecule has 4 rings (SSSR count). The van der Waals surface area contributed by atoms with Gasteiger partial charge >= 0.3 is 5.97 Å². The van der Waals surface area contributed by atoms with Crippen molar-refractivity contribution in [2.75, 3.05) is 0 Å². The van der Waals surface area contributed by atoms with Crippen LogP contribution in [0.25, 0.3) is 0 Å². The van der Waals surface area contributed by atoms with E-state index in [1.54, 1.807) is 30.0 Å². The number of ether oxygens (including phenoxy) is 1. The molecular formula is C27H28FN3O3S. The van der Waals surface area contributed by atoms with Crippen LogP contribution in [0, 0.1) is 5.82 Å². The summed E-state index contributed by atoms with van der Waals surface area (Å²) in [6, 6.07) is 15.0. The molecule has 2 aliphatic heterocycles. The highest BCUT2D eigenvalue weighted by atomic mass is 32.2. The Kier molecular flexibility index (Phi) is 7.70. The number of benzene rings is 2. The number of carbonyl (C=O) groups excluding carboxylic acids is 2. The number of fused-ring (bicyclic) bond motifs is 1. The van der Waals surface area contributed by atoms with Crippen LogP contribution in [0.15, 0.2) is 82.0 Å². The molecule has 182 valence electrons. The Morgan fingerprint density at radius 1 is 1.17 bits per heavy atom. The highest BCUT2D eigenvalue weighted by Gasteiger charge is 2.42. The number of carbonyl (C=O) groups is 2. The highest BCUT2D eigenvalue weighted by Crippen LogP contribution is 2.45. The molecule has 2 heterocycles. The molecule has 6 nitrogen and oxygen atoms in total. The number of nitrogens with one attached hydrogen (secondary N) is 1. The summed E-state index contributed by atoms with van der Waals surface area (Å²) in [6.45, 7) is 5.76. The molecule has 2 aliphatic rings. The summed E-state index contributed by atoms with van der Waals surface area (Å²) < 4.78 is 20.7. The zero-order chi connectivity index (χ0) is 24.9. The molecule has 0 spiro atoms. The lowest BCUT2D eigenvalue weighted by Gasteiger charge is -2.36. The zero-order valence-electron chi connectivity index (χ0n) is 20.0. The summed E-state index contributed by atoms with van der Waals surface area (Å²) in [5.41, 5.74) is 2.55. The minimum absolute atomic E-state index is 0.0414. The SMILES string of the molecule is CC[C@@H](C)NC(=O)CC1=CSC2=NC(C)=C(C(=O)OCc3ccccc3)[C@H](c3ccccc3F)N12. The second-order valence-corrected chi connectivity index (χ2v) is 9.37. The lowest BCUT2D eigenvalue weighted by molar-refractivity contribution is -0.141. The third-order valence-electron chi connectivity index (χ3n) is 5.99. The van der Waals surface area contributed by atoms with Gasteiger partial charge in [0.25, 0.3) is 0 Å². The van der Waals surface area contributed by atoms with E-state index in [2.05, 4.69) is 10.3 Å². The van der Waals surface area contributed by atoms with Gasteiger partial charge in [0.1, 0.15) is 12.4 Å². The topological polar surface area (TPSA) is 71.0 Å². The van der Waals surface area contributed by atoms with Gasteiger partial charge in [0.05, 0.1) is 23.7 Å². The predicted molar refractivity (Wildman–Crippen MR) is 136 cm³/mol. The van der Waals surface area contributed by atoms with Crippen LogP contribution in [0.3, 0.4) is 0 Å². The van der Waals surface area contributed by atoms with Crippen LogP contribution in [-0.4, -0.2) is 28.0 Å². The largest absolute Gasteiger partial charge is 0.457 e. The molecule has 0 aliphatic carbocycles. The third-order valence-corrected chi connectivity index (χ3v) is 6.88. The van der Waals surface area contributed by atoms with Crippen molar-refractivity contribution in [1.82, 2.24) is 10.2 Å². The van der Waals surface area contributed by atoms with Crippen molar-refractivity contribution in [2.45, 2.75) is 52.3 Å². The maximum Gasteiger partial charge on any atom is 0.338 e. The van der Waals surface area contributed by atoms with Gasteiger partial charge < -0.3 is 15.0 Å². The van der Waals surface area contributed by atoms with Crippen molar-refractivity contribution in [3.05, 3.63) is 93.9 Å². The summed E-state index contributed by atoms with van der Waals surface area (Å²) in [6.07, 6.45) is 0.903. The fourth-order valence-corrected chi connectivity index (χ4v) is 4.98. The zero-order valence-corrected chi connectivity index (χ0v) is 20.8. The first kappa shape index (κ1) is 24.7. The summed E-state index contributed by atoms with van der Waals surface area (Å²) in [7, 11) is 0. The Morgan fingerprint density at radius 2 is 1.89 bits per heavy atom. The number of amides is 1. The molecule has 0 bridgehead atoms. The summed E-state index contributed by atoms with van der Waals surface area (Å²) in [4.78, 5) is 32.5. The first-order valence-corrected chi connectivity index (χ1v) is 12.5. The Bertz CT molecular complexity index is 1210. The van der Waals surface area contributed by atoms with Crippen molar-refractivity contribution in [2.24, 2.45) is 4.99 Å². The molecular weight excluding hydrogens is 465 g/mol. The Hall–Kier alpha value is -3.39. The number of amidine groups is 1. The molecule has 8 heteroatoms. The molecule has 2 aromatic carbocycles. The van der Waals surface area contributed by atoms with E-state index in [1.807, 2.05) is 49.6 Å². The second kappa shape index (κ2) is 10.9. The van der Waals surface area contributed by atoms with E-state index < -0.39 is 17.8 Å². The first-order valence-electron chi connectivity index (χ1n) is 11.6. The molecule has 0 saturated carbocycles. The number of hydrogen-bond donors (Lipinski definition) is 1. The van der Waals surface area contributed by atoms with Gasteiger partial charge in [-0.2, -0.15) is 0 Å². The van der Waals surface area contributed by atoms with Crippen molar-refractivity contribution in [1.29, 1.82) is 0 Å². The number of esters is 1. The number of allylic oxidation sites excluding steroid dienone is 1. The van der Waals surface area contributed by atoms with E-state index in [1.165, 1.54) is 17.8 Å². The molecule has 2 atom stereocenters. The number of halogens is 1. The molecule has 0 saturated heterocycles. The lowest BCUT2D eigenvalue weighted by atomic mass is 9.93. The maximum absolute atomic E-state index is 15.1. The number of thioether (sulfide) groups is 1. The molecule has 2 aromatic rings. The van der Waals surface area contributed by atoms with Gasteiger partial charge in [-0.25, -0.2) is 14.2 Å². The number of aliphatic imine (C=N–C) groups is 1. The van der Waals surface area contributed by atoms with E-state index in [0.29, 0.717) is 22.1 Å². The van der Waals surface area contributed by atoms with Crippen LogP contribution in [0.5, 0.6) is 0 Å². The quantitative estimate of drug-likeness (QED) is 0.495. The molecule has 1 N–H and O–H groups in total. The van der Waals surface area contributed by atoms with E-state index >= 15 is 4.39 Å².